The molecule has 0 bridgehead atoms. The van der Waals surface area contributed by atoms with E-state index in [9.17, 15) is 10.2 Å². The van der Waals surface area contributed by atoms with Gasteiger partial charge in [-0.3, -0.25) is 0 Å². The van der Waals surface area contributed by atoms with E-state index in [1.165, 1.54) is 62.4 Å². The summed E-state index contributed by atoms with van der Waals surface area (Å²) in [5.74, 6) is 2.74. The number of aliphatic hydroxyl groups is 2. The van der Waals surface area contributed by atoms with Crippen LogP contribution in [0.2, 0.25) is 0 Å². The monoisotopic (exact) mass is 396 g/mol. The van der Waals surface area contributed by atoms with Crippen LogP contribution in [0.1, 0.15) is 56.1 Å². The Morgan fingerprint density at radius 1 is 0.966 bits per heavy atom. The number of para-hydroxylation sites is 1. The Kier molecular flexibility index (Phi) is 5.68. The molecule has 0 spiro atoms. The number of hydrogen-bond donors (Lipinski definition) is 3. The van der Waals surface area contributed by atoms with E-state index < -0.39 is 0 Å². The summed E-state index contributed by atoms with van der Waals surface area (Å²) >= 11 is 0. The number of hydrogen-bond acceptors (Lipinski definition) is 3. The second-order valence-electron chi connectivity index (χ2n) is 9.79. The minimum atomic E-state index is -0.0416. The van der Waals surface area contributed by atoms with Crippen molar-refractivity contribution in [2.45, 2.75) is 64.1 Å². The van der Waals surface area contributed by atoms with Gasteiger partial charge in [0.05, 0.1) is 18.2 Å². The Morgan fingerprint density at radius 2 is 1.79 bits per heavy atom. The number of aromatic amines is 1. The first-order chi connectivity index (χ1) is 14.3. The molecule has 2 heterocycles. The Hall–Kier alpha value is -1.36. The summed E-state index contributed by atoms with van der Waals surface area (Å²) in [5, 5.41) is 21.7. The maximum absolute atomic E-state index is 10.9. The van der Waals surface area contributed by atoms with Gasteiger partial charge in [-0.05, 0) is 74.9 Å². The minimum absolute atomic E-state index is 0.0416. The highest BCUT2D eigenvalue weighted by molar-refractivity contribution is 5.85. The summed E-state index contributed by atoms with van der Waals surface area (Å²) in [4.78, 5) is 5.98. The van der Waals surface area contributed by atoms with Crippen LogP contribution in [0.3, 0.4) is 0 Å². The number of aryl methyl sites for hydroxylation is 1. The fraction of sp³-hybridized carbons (Fsp3) is 0.680. The molecule has 1 saturated heterocycles. The molecule has 2 aliphatic carbocycles. The molecule has 1 aliphatic heterocycles. The number of benzene rings is 1. The first-order valence-corrected chi connectivity index (χ1v) is 11.9. The lowest BCUT2D eigenvalue weighted by atomic mass is 9.75. The smallest absolute Gasteiger partial charge is 0.0702 e. The second kappa shape index (κ2) is 8.41. The Bertz CT molecular complexity index is 831. The van der Waals surface area contributed by atoms with Gasteiger partial charge < -0.3 is 20.1 Å². The third kappa shape index (κ3) is 3.64. The zero-order valence-corrected chi connectivity index (χ0v) is 17.5. The number of aliphatic hydroxyl groups excluding tert-OH is 2. The summed E-state index contributed by atoms with van der Waals surface area (Å²) < 4.78 is 0. The molecule has 2 saturated carbocycles. The molecule has 5 atom stereocenters. The number of unbranched alkanes of at least 4 members (excludes halogenated alkanes) is 1. The molecule has 0 amide bonds. The van der Waals surface area contributed by atoms with Crippen LogP contribution in [0.25, 0.3) is 10.9 Å². The Balaban J connectivity index is 1.13. The zero-order chi connectivity index (χ0) is 19.8. The summed E-state index contributed by atoms with van der Waals surface area (Å²) in [6.07, 6.45) is 12.2. The SMILES string of the molecule is OCc1cccc2c(CCCCN3CCC4C(C3)C(O)C3CCCCC34)c[nH]c12. The van der Waals surface area contributed by atoms with Gasteiger partial charge in [0.1, 0.15) is 0 Å². The Labute approximate surface area is 174 Å². The quantitative estimate of drug-likeness (QED) is 0.644. The van der Waals surface area contributed by atoms with Crippen molar-refractivity contribution in [1.29, 1.82) is 0 Å². The van der Waals surface area contributed by atoms with Crippen LogP contribution >= 0.6 is 0 Å². The number of fused-ring (bicyclic) bond motifs is 4. The van der Waals surface area contributed by atoms with Crippen LogP contribution < -0.4 is 0 Å². The molecular formula is C25H36N2O2. The van der Waals surface area contributed by atoms with Gasteiger partial charge in [-0.2, -0.15) is 0 Å². The van der Waals surface area contributed by atoms with Gasteiger partial charge in [0.25, 0.3) is 0 Å². The molecule has 3 fully saturated rings. The molecular weight excluding hydrogens is 360 g/mol. The molecule has 158 valence electrons. The van der Waals surface area contributed by atoms with E-state index in [4.69, 9.17) is 0 Å². The van der Waals surface area contributed by atoms with E-state index in [0.717, 1.165) is 42.4 Å². The number of rotatable bonds is 6. The van der Waals surface area contributed by atoms with Gasteiger partial charge >= 0.3 is 0 Å². The van der Waals surface area contributed by atoms with Crippen molar-refractivity contribution in [3.8, 4) is 0 Å². The molecule has 0 radical (unpaired) electrons. The molecule has 3 aliphatic rings. The number of likely N-dealkylation sites (tertiary alicyclic amines) is 1. The fourth-order valence-electron chi connectivity index (χ4n) is 6.89. The van der Waals surface area contributed by atoms with E-state index in [2.05, 4.69) is 22.1 Å². The molecule has 29 heavy (non-hydrogen) atoms. The van der Waals surface area contributed by atoms with Crippen LogP contribution in [-0.4, -0.2) is 45.8 Å². The van der Waals surface area contributed by atoms with E-state index in [0.29, 0.717) is 11.8 Å². The van der Waals surface area contributed by atoms with Crippen molar-refractivity contribution in [2.24, 2.45) is 23.7 Å². The third-order valence-electron chi connectivity index (χ3n) is 8.33. The van der Waals surface area contributed by atoms with Crippen molar-refractivity contribution >= 4 is 10.9 Å². The molecule has 1 aromatic heterocycles. The average molecular weight is 397 g/mol. The maximum Gasteiger partial charge on any atom is 0.0702 e. The summed E-state index contributed by atoms with van der Waals surface area (Å²) in [6.45, 7) is 3.59. The van der Waals surface area contributed by atoms with E-state index in [1.807, 2.05) is 12.1 Å². The molecule has 1 aromatic carbocycles. The molecule has 5 rings (SSSR count). The topological polar surface area (TPSA) is 59.5 Å². The highest BCUT2D eigenvalue weighted by Gasteiger charge is 2.51. The van der Waals surface area contributed by atoms with Gasteiger partial charge in [0.15, 0.2) is 0 Å². The van der Waals surface area contributed by atoms with Crippen LogP contribution in [0.4, 0.5) is 0 Å². The summed E-state index contributed by atoms with van der Waals surface area (Å²) in [5.41, 5.74) is 3.43. The molecule has 4 heteroatoms. The largest absolute Gasteiger partial charge is 0.392 e. The number of aromatic nitrogens is 1. The summed E-state index contributed by atoms with van der Waals surface area (Å²) in [7, 11) is 0. The molecule has 2 aromatic rings. The standard InChI is InChI=1S/C25H36N2O2/c28-16-18-7-5-10-19-17(14-26-24(18)19)6-3-4-12-27-13-11-21-20-8-1-2-9-22(20)25(29)23(21)15-27/h5,7,10,14,20-23,25-26,28-29H,1-4,6,8-9,11-13,15-16H2. The lowest BCUT2D eigenvalue weighted by Gasteiger charge is -2.38. The van der Waals surface area contributed by atoms with E-state index in [-0.39, 0.29) is 12.7 Å². The van der Waals surface area contributed by atoms with Crippen molar-refractivity contribution in [1.82, 2.24) is 9.88 Å². The highest BCUT2D eigenvalue weighted by Crippen LogP contribution is 2.52. The van der Waals surface area contributed by atoms with E-state index in [1.54, 1.807) is 0 Å². The van der Waals surface area contributed by atoms with Gasteiger partial charge in [-0.25, -0.2) is 0 Å². The van der Waals surface area contributed by atoms with E-state index >= 15 is 0 Å². The van der Waals surface area contributed by atoms with Crippen molar-refractivity contribution in [3.63, 3.8) is 0 Å². The molecule has 3 N–H and O–H groups in total. The minimum Gasteiger partial charge on any atom is -0.392 e. The van der Waals surface area contributed by atoms with Crippen LogP contribution in [0, 0.1) is 23.7 Å². The Morgan fingerprint density at radius 3 is 2.66 bits per heavy atom. The van der Waals surface area contributed by atoms with Crippen LogP contribution in [0.15, 0.2) is 24.4 Å². The zero-order valence-electron chi connectivity index (χ0n) is 17.5. The predicted octanol–water partition coefficient (Wildman–Crippen LogP) is 4.10. The average Bonchev–Trinajstić information content (AvgIpc) is 3.31. The van der Waals surface area contributed by atoms with Crippen LogP contribution in [-0.2, 0) is 13.0 Å². The second-order valence-corrected chi connectivity index (χ2v) is 9.79. The normalized spacial score (nSPS) is 32.4. The van der Waals surface area contributed by atoms with Gasteiger partial charge in [-0.15, -0.1) is 0 Å². The van der Waals surface area contributed by atoms with Crippen molar-refractivity contribution in [2.75, 3.05) is 19.6 Å². The molecule has 4 nitrogen and oxygen atoms in total. The number of nitrogens with zero attached hydrogens (tertiary/aromatic N) is 1. The highest BCUT2D eigenvalue weighted by atomic mass is 16.3. The lowest BCUT2D eigenvalue weighted by Crippen LogP contribution is -2.43. The number of H-pyrrole nitrogens is 1. The van der Waals surface area contributed by atoms with Crippen molar-refractivity contribution < 1.29 is 10.2 Å². The fourth-order valence-corrected chi connectivity index (χ4v) is 6.89. The molecule has 5 unspecified atom stereocenters. The third-order valence-corrected chi connectivity index (χ3v) is 8.33. The first-order valence-electron chi connectivity index (χ1n) is 11.9. The lowest BCUT2D eigenvalue weighted by molar-refractivity contribution is 0.0364. The number of nitrogens with one attached hydrogen (secondary N) is 1. The predicted molar refractivity (Wildman–Crippen MR) is 117 cm³/mol. The van der Waals surface area contributed by atoms with Gasteiger partial charge in [0.2, 0.25) is 0 Å². The number of piperidine rings is 1. The van der Waals surface area contributed by atoms with Gasteiger partial charge in [0, 0.05) is 29.6 Å². The first kappa shape index (κ1) is 19.6. The maximum atomic E-state index is 10.9. The summed E-state index contributed by atoms with van der Waals surface area (Å²) in [6, 6.07) is 6.19. The van der Waals surface area contributed by atoms with Crippen molar-refractivity contribution in [3.05, 3.63) is 35.5 Å². The van der Waals surface area contributed by atoms with Gasteiger partial charge in [-0.1, -0.05) is 31.0 Å². The van der Waals surface area contributed by atoms with Crippen LogP contribution in [0.5, 0.6) is 0 Å².